The highest BCUT2D eigenvalue weighted by Gasteiger charge is 2.22. The molecule has 0 spiro atoms. The van der Waals surface area contributed by atoms with E-state index >= 15 is 0 Å². The van der Waals surface area contributed by atoms with Gasteiger partial charge in [-0.25, -0.2) is 0 Å². The van der Waals surface area contributed by atoms with Crippen LogP contribution in [0.2, 0.25) is 0 Å². The summed E-state index contributed by atoms with van der Waals surface area (Å²) in [5.74, 6) is -1.19. The van der Waals surface area contributed by atoms with Crippen LogP contribution < -0.4 is 15.5 Å². The Morgan fingerprint density at radius 1 is 1.25 bits per heavy atom. The number of carbonyl (C=O) groups excluding carboxylic acids is 2. The molecule has 2 heterocycles. The van der Waals surface area contributed by atoms with Crippen LogP contribution in [-0.2, 0) is 20.7 Å². The van der Waals surface area contributed by atoms with Crippen molar-refractivity contribution in [2.75, 3.05) is 52.3 Å². The summed E-state index contributed by atoms with van der Waals surface area (Å²) >= 11 is 0. The third kappa shape index (κ3) is 5.02. The SMILES string of the molecule is CN1CCCc2cc(C(CNC(=O)C(=O)NCC3CCCO3)N(C)C)ccc21. The van der Waals surface area contributed by atoms with Crippen LogP contribution in [0.5, 0.6) is 0 Å². The van der Waals surface area contributed by atoms with Crippen LogP contribution in [0, 0.1) is 0 Å². The Morgan fingerprint density at radius 3 is 2.75 bits per heavy atom. The number of hydrogen-bond donors (Lipinski definition) is 2. The molecular formula is C21H32N4O3. The fourth-order valence-electron chi connectivity index (χ4n) is 3.97. The van der Waals surface area contributed by atoms with Crippen molar-refractivity contribution in [2.45, 2.75) is 37.8 Å². The lowest BCUT2D eigenvalue weighted by molar-refractivity contribution is -0.139. The summed E-state index contributed by atoms with van der Waals surface area (Å²) in [5, 5.41) is 5.45. The van der Waals surface area contributed by atoms with Crippen LogP contribution in [0.3, 0.4) is 0 Å². The first-order valence-corrected chi connectivity index (χ1v) is 10.1. The highest BCUT2D eigenvalue weighted by atomic mass is 16.5. The zero-order chi connectivity index (χ0) is 20.1. The van der Waals surface area contributed by atoms with E-state index in [0.29, 0.717) is 13.1 Å². The van der Waals surface area contributed by atoms with Crippen molar-refractivity contribution in [3.63, 3.8) is 0 Å². The Balaban J connectivity index is 1.57. The largest absolute Gasteiger partial charge is 0.376 e. The van der Waals surface area contributed by atoms with Gasteiger partial charge in [-0.05, 0) is 57.0 Å². The summed E-state index contributed by atoms with van der Waals surface area (Å²) in [6, 6.07) is 6.53. The zero-order valence-corrected chi connectivity index (χ0v) is 17.2. The summed E-state index contributed by atoms with van der Waals surface area (Å²) in [6.45, 7) is 2.59. The molecule has 2 amide bonds. The molecule has 1 fully saturated rings. The van der Waals surface area contributed by atoms with E-state index in [-0.39, 0.29) is 12.1 Å². The van der Waals surface area contributed by atoms with E-state index < -0.39 is 11.8 Å². The lowest BCUT2D eigenvalue weighted by Crippen LogP contribution is -2.44. The summed E-state index contributed by atoms with van der Waals surface area (Å²) in [6.07, 6.45) is 4.19. The van der Waals surface area contributed by atoms with Gasteiger partial charge in [-0.3, -0.25) is 9.59 Å². The van der Waals surface area contributed by atoms with E-state index in [1.54, 1.807) is 0 Å². The topological polar surface area (TPSA) is 73.9 Å². The van der Waals surface area contributed by atoms with Gasteiger partial charge in [-0.1, -0.05) is 12.1 Å². The number of nitrogens with zero attached hydrogens (tertiary/aromatic N) is 2. The number of anilines is 1. The second kappa shape index (κ2) is 9.39. The molecular weight excluding hydrogens is 356 g/mol. The van der Waals surface area contributed by atoms with Crippen molar-refractivity contribution in [2.24, 2.45) is 0 Å². The summed E-state index contributed by atoms with van der Waals surface area (Å²) in [4.78, 5) is 28.6. The van der Waals surface area contributed by atoms with Crippen LogP contribution in [-0.4, -0.2) is 70.2 Å². The number of benzene rings is 1. The molecule has 2 aliphatic heterocycles. The molecule has 154 valence electrons. The first-order valence-electron chi connectivity index (χ1n) is 10.1. The molecule has 2 N–H and O–H groups in total. The molecule has 1 aromatic carbocycles. The van der Waals surface area contributed by atoms with Crippen LogP contribution >= 0.6 is 0 Å². The van der Waals surface area contributed by atoms with E-state index in [1.165, 1.54) is 11.3 Å². The van der Waals surface area contributed by atoms with Crippen LogP contribution in [0.1, 0.15) is 36.4 Å². The Kier molecular flexibility index (Phi) is 6.91. The van der Waals surface area contributed by atoms with E-state index in [0.717, 1.165) is 44.4 Å². The van der Waals surface area contributed by atoms with E-state index in [1.807, 2.05) is 14.1 Å². The van der Waals surface area contributed by atoms with Crippen molar-refractivity contribution < 1.29 is 14.3 Å². The molecule has 0 aliphatic carbocycles. The monoisotopic (exact) mass is 388 g/mol. The summed E-state index contributed by atoms with van der Waals surface area (Å²) < 4.78 is 5.47. The van der Waals surface area contributed by atoms with Gasteiger partial charge in [0.15, 0.2) is 0 Å². The number of aryl methyl sites for hydroxylation is 1. The normalized spacial score (nSPS) is 20.0. The molecule has 2 aliphatic rings. The van der Waals surface area contributed by atoms with Crippen molar-refractivity contribution in [3.05, 3.63) is 29.3 Å². The molecule has 28 heavy (non-hydrogen) atoms. The Labute approximate surface area is 167 Å². The molecule has 7 heteroatoms. The van der Waals surface area contributed by atoms with Gasteiger partial charge in [0.1, 0.15) is 0 Å². The van der Waals surface area contributed by atoms with Crippen molar-refractivity contribution in [3.8, 4) is 0 Å². The number of carbonyl (C=O) groups is 2. The third-order valence-corrected chi connectivity index (χ3v) is 5.64. The molecule has 0 saturated carbocycles. The number of amides is 2. The van der Waals surface area contributed by atoms with Gasteiger partial charge < -0.3 is 25.2 Å². The van der Waals surface area contributed by atoms with E-state index in [2.05, 4.69) is 45.7 Å². The lowest BCUT2D eigenvalue weighted by Gasteiger charge is -2.30. The molecule has 1 aromatic rings. The van der Waals surface area contributed by atoms with Gasteiger partial charge in [0.25, 0.3) is 0 Å². The summed E-state index contributed by atoms with van der Waals surface area (Å²) in [5.41, 5.74) is 3.78. The minimum Gasteiger partial charge on any atom is -0.376 e. The standard InChI is InChI=1S/C21H32N4O3/c1-24(2)19(16-8-9-18-15(12-16)6-4-10-25(18)3)14-23-21(27)20(26)22-13-17-7-5-11-28-17/h8-9,12,17,19H,4-7,10-11,13-14H2,1-3H3,(H,22,26)(H,23,27). The van der Waals surface area contributed by atoms with Gasteiger partial charge in [0.2, 0.25) is 0 Å². The molecule has 2 atom stereocenters. The predicted octanol–water partition coefficient (Wildman–Crippen LogP) is 1.08. The van der Waals surface area contributed by atoms with Crippen LogP contribution in [0.25, 0.3) is 0 Å². The minimum absolute atomic E-state index is 0.00690. The smallest absolute Gasteiger partial charge is 0.309 e. The van der Waals surface area contributed by atoms with Gasteiger partial charge in [0.05, 0.1) is 12.1 Å². The Bertz CT molecular complexity index is 701. The number of likely N-dealkylation sites (N-methyl/N-ethyl adjacent to an activating group) is 1. The second-order valence-corrected chi connectivity index (χ2v) is 7.95. The first-order chi connectivity index (χ1) is 13.5. The highest BCUT2D eigenvalue weighted by molar-refractivity contribution is 6.35. The van der Waals surface area contributed by atoms with E-state index in [9.17, 15) is 9.59 Å². The highest BCUT2D eigenvalue weighted by Crippen LogP contribution is 2.29. The first kappa shape index (κ1) is 20.6. The average molecular weight is 389 g/mol. The maximum absolute atomic E-state index is 12.2. The predicted molar refractivity (Wildman–Crippen MR) is 109 cm³/mol. The molecule has 0 aromatic heterocycles. The number of nitrogens with one attached hydrogen (secondary N) is 2. The van der Waals surface area contributed by atoms with Crippen molar-refractivity contribution in [1.82, 2.24) is 15.5 Å². The molecule has 0 radical (unpaired) electrons. The number of fused-ring (bicyclic) bond motifs is 1. The van der Waals surface area contributed by atoms with E-state index in [4.69, 9.17) is 4.74 Å². The van der Waals surface area contributed by atoms with Gasteiger partial charge in [0, 0.05) is 39.0 Å². The fraction of sp³-hybridized carbons (Fsp3) is 0.619. The number of ether oxygens (including phenoxy) is 1. The molecule has 0 bridgehead atoms. The van der Waals surface area contributed by atoms with Gasteiger partial charge >= 0.3 is 11.8 Å². The molecule has 1 saturated heterocycles. The Morgan fingerprint density at radius 2 is 2.04 bits per heavy atom. The van der Waals surface area contributed by atoms with Crippen molar-refractivity contribution >= 4 is 17.5 Å². The van der Waals surface area contributed by atoms with Crippen LogP contribution in [0.4, 0.5) is 5.69 Å². The average Bonchev–Trinajstić information content (AvgIpc) is 3.19. The quantitative estimate of drug-likeness (QED) is 0.714. The molecule has 2 unspecified atom stereocenters. The molecule has 7 nitrogen and oxygen atoms in total. The maximum Gasteiger partial charge on any atom is 0.309 e. The second-order valence-electron chi connectivity index (χ2n) is 7.95. The van der Waals surface area contributed by atoms with Gasteiger partial charge in [-0.15, -0.1) is 0 Å². The summed E-state index contributed by atoms with van der Waals surface area (Å²) in [7, 11) is 6.09. The third-order valence-electron chi connectivity index (χ3n) is 5.64. The molecule has 3 rings (SSSR count). The lowest BCUT2D eigenvalue weighted by atomic mass is 9.96. The van der Waals surface area contributed by atoms with Crippen molar-refractivity contribution in [1.29, 1.82) is 0 Å². The van der Waals surface area contributed by atoms with Gasteiger partial charge in [-0.2, -0.15) is 0 Å². The zero-order valence-electron chi connectivity index (χ0n) is 17.2. The minimum atomic E-state index is -0.597. The number of rotatable bonds is 6. The number of hydrogen-bond acceptors (Lipinski definition) is 5. The Hall–Kier alpha value is -2.12. The van der Waals surface area contributed by atoms with Crippen LogP contribution in [0.15, 0.2) is 18.2 Å². The maximum atomic E-state index is 12.2. The fourth-order valence-corrected chi connectivity index (χ4v) is 3.97.